The molecule has 0 bridgehead atoms. The van der Waals surface area contributed by atoms with E-state index in [0.717, 1.165) is 38.2 Å². The zero-order valence-electron chi connectivity index (χ0n) is 12.6. The average molecular weight is 293 g/mol. The average Bonchev–Trinajstić information content (AvgIpc) is 2.93. The van der Waals surface area contributed by atoms with E-state index in [0.29, 0.717) is 25.6 Å². The summed E-state index contributed by atoms with van der Waals surface area (Å²) >= 11 is 0. The molecule has 0 saturated carbocycles. The zero-order chi connectivity index (χ0) is 14.7. The molecule has 0 radical (unpaired) electrons. The second-order valence-corrected chi connectivity index (χ2v) is 5.84. The van der Waals surface area contributed by atoms with Gasteiger partial charge in [0.25, 0.3) is 5.91 Å². The van der Waals surface area contributed by atoms with Crippen LogP contribution in [-0.2, 0) is 16.1 Å². The van der Waals surface area contributed by atoms with Gasteiger partial charge >= 0.3 is 0 Å². The summed E-state index contributed by atoms with van der Waals surface area (Å²) in [5.74, 6) is 0.829. The summed E-state index contributed by atoms with van der Waals surface area (Å²) in [7, 11) is 0. The fourth-order valence-corrected chi connectivity index (χ4v) is 3.02. The minimum atomic E-state index is -0.329. The molecule has 2 aliphatic heterocycles. The molecule has 1 amide bonds. The topological polar surface area (TPSA) is 58.8 Å². The quantitative estimate of drug-likeness (QED) is 0.838. The number of ether oxygens (including phenoxy) is 1. The number of morpholine rings is 1. The maximum atomic E-state index is 12.5. The Morgan fingerprint density at radius 1 is 1.33 bits per heavy atom. The van der Waals surface area contributed by atoms with Crippen molar-refractivity contribution in [3.63, 3.8) is 0 Å². The molecule has 0 aliphatic carbocycles. The molecule has 3 rings (SSSR count). The highest BCUT2D eigenvalue weighted by atomic mass is 16.5. The Balaban J connectivity index is 1.56. The molecular weight excluding hydrogens is 270 g/mol. The molecule has 1 unspecified atom stereocenters. The lowest BCUT2D eigenvalue weighted by atomic mass is 10.1. The van der Waals surface area contributed by atoms with Crippen molar-refractivity contribution in [1.29, 1.82) is 0 Å². The fourth-order valence-electron chi connectivity index (χ4n) is 3.02. The van der Waals surface area contributed by atoms with E-state index in [1.165, 1.54) is 6.42 Å². The van der Waals surface area contributed by atoms with Gasteiger partial charge in [0.05, 0.1) is 12.3 Å². The Morgan fingerprint density at radius 2 is 2.14 bits per heavy atom. The number of aryl methyl sites for hydroxylation is 1. The summed E-state index contributed by atoms with van der Waals surface area (Å²) < 4.78 is 10.9. The highest BCUT2D eigenvalue weighted by molar-refractivity contribution is 5.81. The van der Waals surface area contributed by atoms with Gasteiger partial charge < -0.3 is 14.1 Å². The van der Waals surface area contributed by atoms with Crippen molar-refractivity contribution in [1.82, 2.24) is 14.8 Å². The molecule has 3 heterocycles. The molecule has 1 atom stereocenters. The van der Waals surface area contributed by atoms with E-state index in [1.807, 2.05) is 11.8 Å². The number of nitrogens with zero attached hydrogens (tertiary/aromatic N) is 3. The van der Waals surface area contributed by atoms with Gasteiger partial charge in [-0.2, -0.15) is 0 Å². The molecule has 0 N–H and O–H groups in total. The predicted molar refractivity (Wildman–Crippen MR) is 76.7 cm³/mol. The third kappa shape index (κ3) is 3.63. The lowest BCUT2D eigenvalue weighted by Crippen LogP contribution is -2.51. The SMILES string of the molecule is Cc1nc(CN2CCOC(C(=O)N3CCCCC3)C2)co1. The first kappa shape index (κ1) is 14.5. The van der Waals surface area contributed by atoms with Gasteiger partial charge in [0, 0.05) is 39.6 Å². The van der Waals surface area contributed by atoms with E-state index >= 15 is 0 Å². The smallest absolute Gasteiger partial charge is 0.253 e. The fraction of sp³-hybridized carbons (Fsp3) is 0.733. The van der Waals surface area contributed by atoms with Crippen LogP contribution in [0.1, 0.15) is 30.8 Å². The number of hydrogen-bond acceptors (Lipinski definition) is 5. The number of piperidine rings is 1. The highest BCUT2D eigenvalue weighted by Crippen LogP contribution is 2.15. The summed E-state index contributed by atoms with van der Waals surface area (Å²) in [6.07, 6.45) is 4.81. The van der Waals surface area contributed by atoms with Crippen molar-refractivity contribution in [2.24, 2.45) is 0 Å². The van der Waals surface area contributed by atoms with Crippen LogP contribution >= 0.6 is 0 Å². The lowest BCUT2D eigenvalue weighted by Gasteiger charge is -2.35. The van der Waals surface area contributed by atoms with Crippen LogP contribution in [0.3, 0.4) is 0 Å². The summed E-state index contributed by atoms with van der Waals surface area (Å²) in [6.45, 7) is 6.37. The first-order valence-corrected chi connectivity index (χ1v) is 7.76. The number of oxazole rings is 1. The molecule has 6 heteroatoms. The van der Waals surface area contributed by atoms with Gasteiger partial charge in [-0.3, -0.25) is 9.69 Å². The Hall–Kier alpha value is -1.40. The second-order valence-electron chi connectivity index (χ2n) is 5.84. The van der Waals surface area contributed by atoms with E-state index in [1.54, 1.807) is 6.26 Å². The van der Waals surface area contributed by atoms with Crippen LogP contribution in [0.2, 0.25) is 0 Å². The van der Waals surface area contributed by atoms with Crippen molar-refractivity contribution >= 4 is 5.91 Å². The van der Waals surface area contributed by atoms with E-state index < -0.39 is 0 Å². The monoisotopic (exact) mass is 293 g/mol. The third-order valence-electron chi connectivity index (χ3n) is 4.15. The number of carbonyl (C=O) groups excluding carboxylic acids is 1. The second kappa shape index (κ2) is 6.58. The van der Waals surface area contributed by atoms with Crippen LogP contribution < -0.4 is 0 Å². The first-order valence-electron chi connectivity index (χ1n) is 7.76. The molecule has 2 fully saturated rings. The van der Waals surface area contributed by atoms with Crippen LogP contribution in [0.4, 0.5) is 0 Å². The number of hydrogen-bond donors (Lipinski definition) is 0. The summed E-state index contributed by atoms with van der Waals surface area (Å²) in [6, 6.07) is 0. The maximum Gasteiger partial charge on any atom is 0.253 e. The van der Waals surface area contributed by atoms with E-state index in [-0.39, 0.29) is 12.0 Å². The van der Waals surface area contributed by atoms with Gasteiger partial charge in [-0.1, -0.05) is 0 Å². The number of amides is 1. The third-order valence-corrected chi connectivity index (χ3v) is 4.15. The normalized spacial score (nSPS) is 24.2. The zero-order valence-corrected chi connectivity index (χ0v) is 12.6. The number of likely N-dealkylation sites (tertiary alicyclic amines) is 1. The van der Waals surface area contributed by atoms with Gasteiger partial charge in [0.15, 0.2) is 5.89 Å². The molecule has 2 aliphatic rings. The van der Waals surface area contributed by atoms with Gasteiger partial charge in [-0.05, 0) is 19.3 Å². The van der Waals surface area contributed by atoms with Crippen LogP contribution in [0.15, 0.2) is 10.7 Å². The van der Waals surface area contributed by atoms with E-state index in [2.05, 4.69) is 9.88 Å². The van der Waals surface area contributed by atoms with Crippen molar-refractivity contribution in [3.05, 3.63) is 17.8 Å². The van der Waals surface area contributed by atoms with Crippen LogP contribution in [0.5, 0.6) is 0 Å². The molecule has 0 aromatic carbocycles. The Kier molecular flexibility index (Phi) is 4.55. The molecule has 1 aromatic rings. The molecule has 0 spiro atoms. The van der Waals surface area contributed by atoms with E-state index in [9.17, 15) is 4.79 Å². The minimum Gasteiger partial charge on any atom is -0.449 e. The van der Waals surface area contributed by atoms with Crippen LogP contribution in [0.25, 0.3) is 0 Å². The van der Waals surface area contributed by atoms with Gasteiger partial charge in [-0.25, -0.2) is 4.98 Å². The van der Waals surface area contributed by atoms with E-state index in [4.69, 9.17) is 9.15 Å². The molecular formula is C15H23N3O3. The first-order chi connectivity index (χ1) is 10.2. The largest absolute Gasteiger partial charge is 0.449 e. The van der Waals surface area contributed by atoms with Crippen LogP contribution in [0, 0.1) is 6.92 Å². The maximum absolute atomic E-state index is 12.5. The number of carbonyl (C=O) groups is 1. The lowest BCUT2D eigenvalue weighted by molar-refractivity contribution is -0.150. The molecule has 2 saturated heterocycles. The van der Waals surface area contributed by atoms with Crippen molar-refractivity contribution in [2.45, 2.75) is 38.8 Å². The summed E-state index contributed by atoms with van der Waals surface area (Å²) in [4.78, 5) is 21.0. The number of aromatic nitrogens is 1. The number of rotatable bonds is 3. The molecule has 6 nitrogen and oxygen atoms in total. The molecule has 1 aromatic heterocycles. The van der Waals surface area contributed by atoms with Gasteiger partial charge in [0.2, 0.25) is 0 Å². The van der Waals surface area contributed by atoms with Crippen molar-refractivity contribution in [2.75, 3.05) is 32.8 Å². The van der Waals surface area contributed by atoms with Gasteiger partial charge in [-0.15, -0.1) is 0 Å². The predicted octanol–water partition coefficient (Wildman–Crippen LogP) is 1.20. The standard InChI is InChI=1S/C15H23N3O3/c1-12-16-13(11-21-12)9-17-7-8-20-14(10-17)15(19)18-5-3-2-4-6-18/h11,14H,2-10H2,1H3. The molecule has 116 valence electrons. The Morgan fingerprint density at radius 3 is 2.86 bits per heavy atom. The highest BCUT2D eigenvalue weighted by Gasteiger charge is 2.31. The van der Waals surface area contributed by atoms with Crippen molar-refractivity contribution < 1.29 is 13.9 Å². The Labute approximate surface area is 125 Å². The van der Waals surface area contributed by atoms with Crippen LogP contribution in [-0.4, -0.2) is 59.6 Å². The minimum absolute atomic E-state index is 0.149. The Bertz CT molecular complexity index is 482. The summed E-state index contributed by atoms with van der Waals surface area (Å²) in [5.41, 5.74) is 0.915. The molecule has 21 heavy (non-hydrogen) atoms. The summed E-state index contributed by atoms with van der Waals surface area (Å²) in [5, 5.41) is 0. The van der Waals surface area contributed by atoms with Gasteiger partial charge in [0.1, 0.15) is 12.4 Å². The van der Waals surface area contributed by atoms with Crippen molar-refractivity contribution in [3.8, 4) is 0 Å².